The number of rotatable bonds is 5. The molecule has 0 aromatic heterocycles. The van der Waals surface area contributed by atoms with Crippen LogP contribution in [-0.2, 0) is 16.0 Å². The summed E-state index contributed by atoms with van der Waals surface area (Å²) in [6.07, 6.45) is 2.87. The van der Waals surface area contributed by atoms with Crippen LogP contribution in [0.4, 0.5) is 4.39 Å². The molecule has 1 aliphatic rings. The van der Waals surface area contributed by atoms with Gasteiger partial charge in [-0.25, -0.2) is 9.18 Å². The van der Waals surface area contributed by atoms with Crippen LogP contribution in [0, 0.1) is 11.7 Å². The molecule has 0 aliphatic carbocycles. The molecule has 0 radical (unpaired) electrons. The van der Waals surface area contributed by atoms with Crippen LogP contribution in [0.25, 0.3) is 0 Å². The van der Waals surface area contributed by atoms with Gasteiger partial charge in [0.2, 0.25) is 0 Å². The molecule has 1 amide bonds. The summed E-state index contributed by atoms with van der Waals surface area (Å²) < 4.78 is 18.1. The Bertz CT molecular complexity index is 804. The lowest BCUT2D eigenvalue weighted by atomic mass is 9.90. The van der Waals surface area contributed by atoms with Gasteiger partial charge in [-0.05, 0) is 48.9 Å². The zero-order valence-corrected chi connectivity index (χ0v) is 15.6. The molecule has 1 fully saturated rings. The van der Waals surface area contributed by atoms with E-state index in [1.54, 1.807) is 4.90 Å². The van der Waals surface area contributed by atoms with E-state index in [9.17, 15) is 14.0 Å². The van der Waals surface area contributed by atoms with Gasteiger partial charge in [-0.15, -0.1) is 0 Å². The quantitative estimate of drug-likeness (QED) is 0.723. The van der Waals surface area contributed by atoms with E-state index in [1.165, 1.54) is 11.6 Å². The van der Waals surface area contributed by atoms with Crippen LogP contribution in [0.2, 0.25) is 5.02 Å². The number of halogens is 2. The molecule has 0 bridgehead atoms. The minimum atomic E-state index is -0.729. The molecule has 0 atom stereocenters. The number of esters is 1. The Morgan fingerprint density at radius 1 is 1.11 bits per heavy atom. The first kappa shape index (κ1) is 19.4. The minimum Gasteiger partial charge on any atom is -0.452 e. The molecule has 4 nitrogen and oxygen atoms in total. The first-order chi connectivity index (χ1) is 13.0. The molecule has 0 N–H and O–H groups in total. The number of hydrogen-bond donors (Lipinski definition) is 0. The molecule has 142 valence electrons. The number of carbonyl (C=O) groups excluding carboxylic acids is 2. The summed E-state index contributed by atoms with van der Waals surface area (Å²) in [6, 6.07) is 13.7. The molecule has 1 heterocycles. The van der Waals surface area contributed by atoms with Crippen molar-refractivity contribution in [2.75, 3.05) is 19.7 Å². The highest BCUT2D eigenvalue weighted by molar-refractivity contribution is 6.33. The monoisotopic (exact) mass is 389 g/mol. The van der Waals surface area contributed by atoms with Gasteiger partial charge in [0.15, 0.2) is 6.61 Å². The van der Waals surface area contributed by atoms with Crippen LogP contribution in [0.3, 0.4) is 0 Å². The second-order valence-corrected chi connectivity index (χ2v) is 7.12. The molecule has 2 aromatic carbocycles. The molecule has 0 saturated carbocycles. The number of nitrogens with zero attached hydrogens (tertiary/aromatic N) is 1. The van der Waals surface area contributed by atoms with Crippen LogP contribution in [-0.4, -0.2) is 36.5 Å². The van der Waals surface area contributed by atoms with Gasteiger partial charge < -0.3 is 9.64 Å². The second-order valence-electron chi connectivity index (χ2n) is 6.71. The Kier molecular flexibility index (Phi) is 6.45. The Hall–Kier alpha value is -2.40. The summed E-state index contributed by atoms with van der Waals surface area (Å²) in [5.74, 6) is -0.935. The van der Waals surface area contributed by atoms with Crippen molar-refractivity contribution in [3.63, 3.8) is 0 Å². The molecule has 27 heavy (non-hydrogen) atoms. The summed E-state index contributed by atoms with van der Waals surface area (Å²) in [7, 11) is 0. The Balaban J connectivity index is 1.45. The molecule has 6 heteroatoms. The van der Waals surface area contributed by atoms with Crippen molar-refractivity contribution in [2.24, 2.45) is 5.92 Å². The highest BCUT2D eigenvalue weighted by Crippen LogP contribution is 2.22. The first-order valence-electron chi connectivity index (χ1n) is 8.97. The fraction of sp³-hybridized carbons (Fsp3) is 0.333. The summed E-state index contributed by atoms with van der Waals surface area (Å²) in [6.45, 7) is 0.978. The zero-order chi connectivity index (χ0) is 19.2. The number of amides is 1. The molecule has 0 unspecified atom stereocenters. The van der Waals surface area contributed by atoms with E-state index in [4.69, 9.17) is 16.3 Å². The SMILES string of the molecule is O=C(OCC(=O)N1CCC(Cc2ccccc2)CC1)c1ccc(F)cc1Cl. The lowest BCUT2D eigenvalue weighted by Crippen LogP contribution is -2.41. The van der Waals surface area contributed by atoms with Crippen LogP contribution < -0.4 is 0 Å². The molecular formula is C21H21ClFNO3. The van der Waals surface area contributed by atoms with E-state index in [1.807, 2.05) is 18.2 Å². The number of carbonyl (C=O) groups is 2. The molecule has 0 spiro atoms. The topological polar surface area (TPSA) is 46.6 Å². The fourth-order valence-corrected chi connectivity index (χ4v) is 3.53. The van der Waals surface area contributed by atoms with Gasteiger partial charge in [0.1, 0.15) is 5.82 Å². The van der Waals surface area contributed by atoms with Crippen molar-refractivity contribution in [3.05, 3.63) is 70.5 Å². The second kappa shape index (κ2) is 9.00. The normalized spacial score (nSPS) is 14.8. The summed E-state index contributed by atoms with van der Waals surface area (Å²) in [5, 5.41) is -0.0332. The number of ether oxygens (including phenoxy) is 1. The van der Waals surface area contributed by atoms with Gasteiger partial charge in [0, 0.05) is 13.1 Å². The Labute approximate surface area is 162 Å². The van der Waals surface area contributed by atoms with E-state index < -0.39 is 11.8 Å². The molecule has 2 aromatic rings. The highest BCUT2D eigenvalue weighted by Gasteiger charge is 2.24. The average molecular weight is 390 g/mol. The average Bonchev–Trinajstić information content (AvgIpc) is 2.67. The van der Waals surface area contributed by atoms with Crippen LogP contribution >= 0.6 is 11.6 Å². The van der Waals surface area contributed by atoms with Crippen LogP contribution in [0.1, 0.15) is 28.8 Å². The van der Waals surface area contributed by atoms with E-state index in [2.05, 4.69) is 12.1 Å². The Morgan fingerprint density at radius 2 is 1.81 bits per heavy atom. The maximum Gasteiger partial charge on any atom is 0.340 e. The van der Waals surface area contributed by atoms with Crippen molar-refractivity contribution in [3.8, 4) is 0 Å². The molecular weight excluding hydrogens is 369 g/mol. The maximum atomic E-state index is 13.0. The number of benzene rings is 2. The third kappa shape index (κ3) is 5.30. The third-order valence-electron chi connectivity index (χ3n) is 4.81. The van der Waals surface area contributed by atoms with Crippen molar-refractivity contribution >= 4 is 23.5 Å². The van der Waals surface area contributed by atoms with Crippen molar-refractivity contribution in [2.45, 2.75) is 19.3 Å². The van der Waals surface area contributed by atoms with Gasteiger partial charge >= 0.3 is 5.97 Å². The van der Waals surface area contributed by atoms with Gasteiger partial charge in [0.05, 0.1) is 10.6 Å². The van der Waals surface area contributed by atoms with Gasteiger partial charge in [-0.2, -0.15) is 0 Å². The molecule has 1 aliphatic heterocycles. The van der Waals surface area contributed by atoms with Crippen LogP contribution in [0.15, 0.2) is 48.5 Å². The Morgan fingerprint density at radius 3 is 2.48 bits per heavy atom. The van der Waals surface area contributed by atoms with E-state index in [-0.39, 0.29) is 23.1 Å². The van der Waals surface area contributed by atoms with Crippen molar-refractivity contribution < 1.29 is 18.7 Å². The molecule has 3 rings (SSSR count). The largest absolute Gasteiger partial charge is 0.452 e. The lowest BCUT2D eigenvalue weighted by Gasteiger charge is -2.32. The summed E-state index contributed by atoms with van der Waals surface area (Å²) in [4.78, 5) is 26.0. The molecule has 1 saturated heterocycles. The number of likely N-dealkylation sites (tertiary alicyclic amines) is 1. The summed E-state index contributed by atoms with van der Waals surface area (Å²) in [5.41, 5.74) is 1.36. The van der Waals surface area contributed by atoms with E-state index in [0.29, 0.717) is 19.0 Å². The van der Waals surface area contributed by atoms with E-state index >= 15 is 0 Å². The zero-order valence-electron chi connectivity index (χ0n) is 14.9. The summed E-state index contributed by atoms with van der Waals surface area (Å²) >= 11 is 5.83. The third-order valence-corrected chi connectivity index (χ3v) is 5.12. The van der Waals surface area contributed by atoms with Crippen LogP contribution in [0.5, 0.6) is 0 Å². The predicted molar refractivity (Wildman–Crippen MR) is 101 cm³/mol. The standard InChI is InChI=1S/C21H21ClFNO3/c22-19-13-17(23)6-7-18(19)21(26)27-14-20(25)24-10-8-16(9-11-24)12-15-4-2-1-3-5-15/h1-7,13,16H,8-12,14H2. The first-order valence-corrected chi connectivity index (χ1v) is 9.34. The highest BCUT2D eigenvalue weighted by atomic mass is 35.5. The van der Waals surface area contributed by atoms with Crippen molar-refractivity contribution in [1.82, 2.24) is 4.90 Å². The fourth-order valence-electron chi connectivity index (χ4n) is 3.29. The van der Waals surface area contributed by atoms with E-state index in [0.717, 1.165) is 31.4 Å². The minimum absolute atomic E-state index is 0.0332. The van der Waals surface area contributed by atoms with Gasteiger partial charge in [-0.3, -0.25) is 4.79 Å². The smallest absolute Gasteiger partial charge is 0.340 e. The maximum absolute atomic E-state index is 13.0. The van der Waals surface area contributed by atoms with Gasteiger partial charge in [-0.1, -0.05) is 41.9 Å². The van der Waals surface area contributed by atoms with Crippen molar-refractivity contribution in [1.29, 1.82) is 0 Å². The predicted octanol–water partition coefficient (Wildman–Crippen LogP) is 4.12. The number of hydrogen-bond acceptors (Lipinski definition) is 3. The number of piperidine rings is 1. The lowest BCUT2D eigenvalue weighted by molar-refractivity contribution is -0.135. The van der Waals surface area contributed by atoms with Gasteiger partial charge in [0.25, 0.3) is 5.91 Å².